The number of sulfonamides is 1. The molecule has 0 aliphatic heterocycles. The van der Waals surface area contributed by atoms with Gasteiger partial charge in [-0.25, -0.2) is 13.4 Å². The first-order valence-electron chi connectivity index (χ1n) is 6.67. The van der Waals surface area contributed by atoms with Gasteiger partial charge in [0, 0.05) is 11.9 Å². The van der Waals surface area contributed by atoms with E-state index < -0.39 is 15.6 Å². The molecule has 1 heterocycles. The van der Waals surface area contributed by atoms with E-state index in [-0.39, 0.29) is 24.0 Å². The van der Waals surface area contributed by atoms with Gasteiger partial charge in [0.1, 0.15) is 0 Å². The quantitative estimate of drug-likeness (QED) is 0.701. The summed E-state index contributed by atoms with van der Waals surface area (Å²) in [7, 11) is -3.36. The molecule has 9 heteroatoms. The van der Waals surface area contributed by atoms with E-state index in [1.165, 1.54) is 0 Å². The van der Waals surface area contributed by atoms with Crippen LogP contribution in [0.2, 0.25) is 0 Å². The summed E-state index contributed by atoms with van der Waals surface area (Å²) in [5.74, 6) is -0.230. The zero-order chi connectivity index (χ0) is 15.5. The number of nitrogens with zero attached hydrogens (tertiary/aromatic N) is 1. The summed E-state index contributed by atoms with van der Waals surface area (Å²) >= 11 is 1.13. The van der Waals surface area contributed by atoms with Gasteiger partial charge in [0.25, 0.3) is 0 Å². The van der Waals surface area contributed by atoms with Crippen molar-refractivity contribution in [2.24, 2.45) is 0 Å². The second kappa shape index (κ2) is 6.29. The highest BCUT2D eigenvalue weighted by Crippen LogP contribution is 2.28. The van der Waals surface area contributed by atoms with Crippen molar-refractivity contribution in [2.75, 3.05) is 17.5 Å². The van der Waals surface area contributed by atoms with Gasteiger partial charge in [-0.3, -0.25) is 9.52 Å². The van der Waals surface area contributed by atoms with Crippen LogP contribution in [0.5, 0.6) is 0 Å². The molecule has 1 amide bonds. The molecule has 1 saturated carbocycles. The van der Waals surface area contributed by atoms with Gasteiger partial charge in [-0.2, -0.15) is 0 Å². The predicted molar refractivity (Wildman–Crippen MR) is 80.7 cm³/mol. The topological polar surface area (TPSA) is 108 Å². The zero-order valence-corrected chi connectivity index (χ0v) is 13.4. The van der Waals surface area contributed by atoms with Crippen LogP contribution in [-0.4, -0.2) is 42.8 Å². The van der Waals surface area contributed by atoms with Crippen LogP contribution in [0.3, 0.4) is 0 Å². The highest BCUT2D eigenvalue weighted by Gasteiger charge is 2.31. The summed E-state index contributed by atoms with van der Waals surface area (Å²) in [4.78, 5) is 15.8. The van der Waals surface area contributed by atoms with E-state index in [2.05, 4.69) is 15.0 Å². The number of nitrogens with one attached hydrogen (secondary N) is 2. The maximum atomic E-state index is 11.8. The van der Waals surface area contributed by atoms with Crippen LogP contribution in [0.1, 0.15) is 31.4 Å². The largest absolute Gasteiger partial charge is 0.388 e. The van der Waals surface area contributed by atoms with E-state index in [1.807, 2.05) is 0 Å². The SMILES string of the molecule is CS(=O)(=O)Nc1nc(CC(=O)NCC2(O)CCCC2)cs1. The molecule has 1 aliphatic rings. The van der Waals surface area contributed by atoms with Gasteiger partial charge in [-0.15, -0.1) is 11.3 Å². The van der Waals surface area contributed by atoms with Crippen LogP contribution in [0.15, 0.2) is 5.38 Å². The van der Waals surface area contributed by atoms with Crippen molar-refractivity contribution < 1.29 is 18.3 Å². The fourth-order valence-electron chi connectivity index (χ4n) is 2.29. The molecule has 3 N–H and O–H groups in total. The molecular weight excluding hydrogens is 314 g/mol. The van der Waals surface area contributed by atoms with Gasteiger partial charge in [-0.1, -0.05) is 12.8 Å². The third-order valence-electron chi connectivity index (χ3n) is 3.32. The summed E-state index contributed by atoms with van der Waals surface area (Å²) < 4.78 is 24.4. The Bertz CT molecular complexity index is 606. The molecule has 0 bridgehead atoms. The van der Waals surface area contributed by atoms with Crippen molar-refractivity contribution >= 4 is 32.4 Å². The van der Waals surface area contributed by atoms with E-state index in [1.54, 1.807) is 5.38 Å². The van der Waals surface area contributed by atoms with Gasteiger partial charge in [0.05, 0.1) is 24.0 Å². The average molecular weight is 333 g/mol. The lowest BCUT2D eigenvalue weighted by Gasteiger charge is -2.22. The highest BCUT2D eigenvalue weighted by molar-refractivity contribution is 7.92. The van der Waals surface area contributed by atoms with Crippen molar-refractivity contribution in [3.05, 3.63) is 11.1 Å². The van der Waals surface area contributed by atoms with Crippen LogP contribution in [-0.2, 0) is 21.2 Å². The van der Waals surface area contributed by atoms with Gasteiger partial charge in [0.2, 0.25) is 15.9 Å². The molecule has 1 aliphatic carbocycles. The number of thiazole rings is 1. The van der Waals surface area contributed by atoms with Crippen molar-refractivity contribution in [3.63, 3.8) is 0 Å². The van der Waals surface area contributed by atoms with Gasteiger partial charge >= 0.3 is 0 Å². The molecule has 0 saturated heterocycles. The molecule has 0 radical (unpaired) electrons. The first-order valence-corrected chi connectivity index (χ1v) is 9.44. The Balaban J connectivity index is 1.82. The van der Waals surface area contributed by atoms with Gasteiger partial charge < -0.3 is 10.4 Å². The second-order valence-corrected chi connectivity index (χ2v) is 8.01. The lowest BCUT2D eigenvalue weighted by molar-refractivity contribution is -0.121. The molecular formula is C12H19N3O4S2. The Hall–Kier alpha value is -1.19. The molecule has 1 fully saturated rings. The molecule has 1 aromatic heterocycles. The average Bonchev–Trinajstić information content (AvgIpc) is 2.95. The number of aromatic nitrogens is 1. The smallest absolute Gasteiger partial charge is 0.231 e. The fraction of sp³-hybridized carbons (Fsp3) is 0.667. The van der Waals surface area contributed by atoms with E-state index in [0.717, 1.165) is 30.4 Å². The van der Waals surface area contributed by atoms with E-state index in [0.29, 0.717) is 18.5 Å². The predicted octanol–water partition coefficient (Wildman–Crippen LogP) is 0.478. The summed E-state index contributed by atoms with van der Waals surface area (Å²) in [6, 6.07) is 0. The third kappa shape index (κ3) is 5.25. The monoisotopic (exact) mass is 333 g/mol. The molecule has 7 nitrogen and oxygen atoms in total. The Labute approximate surface area is 127 Å². The number of rotatable bonds is 6. The Kier molecular flexibility index (Phi) is 4.84. The Morgan fingerprint density at radius 2 is 2.14 bits per heavy atom. The number of hydrogen-bond donors (Lipinski definition) is 3. The van der Waals surface area contributed by atoms with Gasteiger partial charge in [-0.05, 0) is 12.8 Å². The number of anilines is 1. The minimum atomic E-state index is -3.36. The number of amides is 1. The first kappa shape index (κ1) is 16.2. The molecule has 118 valence electrons. The molecule has 21 heavy (non-hydrogen) atoms. The number of hydrogen-bond acceptors (Lipinski definition) is 6. The van der Waals surface area contributed by atoms with Crippen molar-refractivity contribution in [2.45, 2.75) is 37.7 Å². The van der Waals surface area contributed by atoms with Crippen LogP contribution < -0.4 is 10.0 Å². The van der Waals surface area contributed by atoms with E-state index >= 15 is 0 Å². The Morgan fingerprint density at radius 1 is 1.48 bits per heavy atom. The minimum Gasteiger partial charge on any atom is -0.388 e. The number of carbonyl (C=O) groups excluding carboxylic acids is 1. The van der Waals surface area contributed by atoms with Crippen molar-refractivity contribution in [1.29, 1.82) is 0 Å². The highest BCUT2D eigenvalue weighted by atomic mass is 32.2. The second-order valence-electron chi connectivity index (χ2n) is 5.40. The van der Waals surface area contributed by atoms with Crippen LogP contribution in [0, 0.1) is 0 Å². The zero-order valence-electron chi connectivity index (χ0n) is 11.8. The van der Waals surface area contributed by atoms with Crippen molar-refractivity contribution in [3.8, 4) is 0 Å². The van der Waals surface area contributed by atoms with E-state index in [4.69, 9.17) is 0 Å². The molecule has 2 rings (SSSR count). The fourth-order valence-corrected chi connectivity index (χ4v) is 3.86. The van der Waals surface area contributed by atoms with Gasteiger partial charge in [0.15, 0.2) is 5.13 Å². The molecule has 1 aromatic rings. The molecule has 0 unspecified atom stereocenters. The van der Waals surface area contributed by atoms with E-state index in [9.17, 15) is 18.3 Å². The summed E-state index contributed by atoms with van der Waals surface area (Å²) in [6.07, 6.45) is 4.51. The van der Waals surface area contributed by atoms with Crippen LogP contribution in [0.25, 0.3) is 0 Å². The third-order valence-corrected chi connectivity index (χ3v) is 4.81. The van der Waals surface area contributed by atoms with Crippen LogP contribution >= 0.6 is 11.3 Å². The molecule has 0 spiro atoms. The maximum Gasteiger partial charge on any atom is 0.231 e. The normalized spacial score (nSPS) is 17.6. The number of aliphatic hydroxyl groups is 1. The molecule has 0 atom stereocenters. The summed E-state index contributed by atoms with van der Waals surface area (Å²) in [5, 5.41) is 14.7. The summed E-state index contributed by atoms with van der Waals surface area (Å²) in [5.41, 5.74) is -0.275. The lowest BCUT2D eigenvalue weighted by atomic mass is 10.0. The molecule has 0 aromatic carbocycles. The minimum absolute atomic E-state index is 0.0675. The lowest BCUT2D eigenvalue weighted by Crippen LogP contribution is -2.41. The van der Waals surface area contributed by atoms with Crippen molar-refractivity contribution in [1.82, 2.24) is 10.3 Å². The van der Waals surface area contributed by atoms with Crippen LogP contribution in [0.4, 0.5) is 5.13 Å². The maximum absolute atomic E-state index is 11.8. The number of carbonyl (C=O) groups is 1. The summed E-state index contributed by atoms with van der Waals surface area (Å²) in [6.45, 7) is 0.254. The standard InChI is InChI=1S/C12H19N3O4S2/c1-21(18,19)15-11-14-9(7-20-11)6-10(16)13-8-12(17)4-2-3-5-12/h7,17H,2-6,8H2,1H3,(H,13,16)(H,14,15). The first-order chi connectivity index (χ1) is 9.76. The Morgan fingerprint density at radius 3 is 2.76 bits per heavy atom.